The van der Waals surface area contributed by atoms with Gasteiger partial charge in [-0.3, -0.25) is 4.57 Å². The minimum absolute atomic E-state index is 0.315. The molecule has 0 bridgehead atoms. The summed E-state index contributed by atoms with van der Waals surface area (Å²) in [5.74, 6) is 0.152. The Labute approximate surface area is 202 Å². The fourth-order valence-corrected chi connectivity index (χ4v) is 3.63. The molecule has 0 amide bonds. The molecule has 5 aromatic rings. The maximum absolute atomic E-state index is 13.4. The number of nitrogens with zero attached hydrogens (tertiary/aromatic N) is 4. The van der Waals surface area contributed by atoms with E-state index in [-0.39, 0.29) is 5.82 Å². The third-order valence-corrected chi connectivity index (χ3v) is 5.27. The fraction of sp³-hybridized carbons (Fsp3) is 0.111. The summed E-state index contributed by atoms with van der Waals surface area (Å²) in [6.45, 7) is 4.00. The number of carbonyl (C=O) groups excluding carboxylic acids is 1. The zero-order chi connectivity index (χ0) is 24.9. The summed E-state index contributed by atoms with van der Waals surface area (Å²) >= 11 is 0. The van der Waals surface area contributed by atoms with E-state index in [1.54, 1.807) is 48.7 Å². The van der Waals surface area contributed by atoms with Crippen molar-refractivity contribution in [3.05, 3.63) is 90.4 Å². The van der Waals surface area contributed by atoms with Gasteiger partial charge < -0.3 is 10.5 Å². The number of methoxy groups -OCH3 is 1. The van der Waals surface area contributed by atoms with Crippen LogP contribution in [-0.4, -0.2) is 32.6 Å². The number of ether oxygens (including phenoxy) is 1. The number of hydrogen-bond acceptors (Lipinski definition) is 6. The molecule has 0 spiro atoms. The first-order chi connectivity index (χ1) is 17.0. The summed E-state index contributed by atoms with van der Waals surface area (Å²) in [7, 11) is 1.34. The number of fused-ring (bicyclic) bond motifs is 1. The van der Waals surface area contributed by atoms with Crippen LogP contribution in [0.5, 0.6) is 0 Å². The highest BCUT2D eigenvalue weighted by molar-refractivity contribution is 5.90. The molecule has 176 valence electrons. The van der Waals surface area contributed by atoms with Gasteiger partial charge in [0.1, 0.15) is 17.2 Å². The monoisotopic (exact) mass is 469 g/mol. The van der Waals surface area contributed by atoms with E-state index >= 15 is 0 Å². The Morgan fingerprint density at radius 2 is 1.66 bits per heavy atom. The molecule has 3 heterocycles. The van der Waals surface area contributed by atoms with Crippen molar-refractivity contribution < 1.29 is 13.9 Å². The van der Waals surface area contributed by atoms with Gasteiger partial charge in [-0.2, -0.15) is 0 Å². The molecule has 0 aliphatic rings. The number of nitrogens with two attached hydrogens (primary N) is 1. The first kappa shape index (κ1) is 23.6. The van der Waals surface area contributed by atoms with Gasteiger partial charge in [-0.05, 0) is 72.8 Å². The van der Waals surface area contributed by atoms with Crippen LogP contribution >= 0.6 is 0 Å². The number of carbonyl (C=O) groups is 1. The largest absolute Gasteiger partial charge is 0.465 e. The molecule has 2 N–H and O–H groups in total. The first-order valence-electron chi connectivity index (χ1n) is 11.1. The normalized spacial score (nSPS) is 10.5. The van der Waals surface area contributed by atoms with E-state index in [1.807, 2.05) is 36.6 Å². The molecule has 5 rings (SSSR count). The minimum atomic E-state index is -0.425. The molecule has 0 saturated carbocycles. The van der Waals surface area contributed by atoms with E-state index < -0.39 is 5.97 Å². The van der Waals surface area contributed by atoms with Crippen molar-refractivity contribution in [3.8, 4) is 28.3 Å². The van der Waals surface area contributed by atoms with Crippen molar-refractivity contribution in [2.75, 3.05) is 12.8 Å². The van der Waals surface area contributed by atoms with Crippen LogP contribution in [0.15, 0.2) is 79.0 Å². The van der Waals surface area contributed by atoms with Gasteiger partial charge in [0.2, 0.25) is 0 Å². The number of pyridine rings is 2. The topological polar surface area (TPSA) is 95.9 Å². The lowest BCUT2D eigenvalue weighted by molar-refractivity contribution is 0.0600. The predicted octanol–water partition coefficient (Wildman–Crippen LogP) is 5.68. The molecular formula is C27H24FN5O2. The van der Waals surface area contributed by atoms with Crippen LogP contribution in [-0.2, 0) is 4.74 Å². The Morgan fingerprint density at radius 1 is 0.943 bits per heavy atom. The molecule has 2 aromatic carbocycles. The predicted molar refractivity (Wildman–Crippen MR) is 135 cm³/mol. The molecule has 0 fully saturated rings. The van der Waals surface area contributed by atoms with Crippen LogP contribution in [0.4, 0.5) is 10.2 Å². The van der Waals surface area contributed by atoms with Gasteiger partial charge in [-0.25, -0.2) is 24.1 Å². The number of aromatic nitrogens is 4. The molecule has 0 radical (unpaired) electrons. The van der Waals surface area contributed by atoms with Gasteiger partial charge in [-0.1, -0.05) is 13.8 Å². The second-order valence-electron chi connectivity index (χ2n) is 7.29. The maximum Gasteiger partial charge on any atom is 0.337 e. The Balaban J connectivity index is 0.00000141. The number of imidazole rings is 1. The summed E-state index contributed by atoms with van der Waals surface area (Å²) in [5.41, 5.74) is 10.6. The van der Waals surface area contributed by atoms with Crippen LogP contribution < -0.4 is 5.73 Å². The third-order valence-electron chi connectivity index (χ3n) is 5.27. The number of rotatable bonds is 4. The standard InChI is InChI=1S/C25H18FN5O2.C2H6/c1-33-25(32)16-6-10-18(11-7-16)31-23(19-3-2-14-28-22(19)27)30-21-13-12-20(29-24(21)31)15-4-8-17(26)9-5-15;1-2/h2-14H,1H3,(H2,27,28);1-2H3. The van der Waals surface area contributed by atoms with Crippen LogP contribution in [0.2, 0.25) is 0 Å². The minimum Gasteiger partial charge on any atom is -0.465 e. The number of hydrogen-bond donors (Lipinski definition) is 1. The smallest absolute Gasteiger partial charge is 0.337 e. The molecule has 0 atom stereocenters. The van der Waals surface area contributed by atoms with E-state index in [1.165, 1.54) is 19.2 Å². The average molecular weight is 470 g/mol. The van der Waals surface area contributed by atoms with E-state index in [0.29, 0.717) is 39.6 Å². The second-order valence-corrected chi connectivity index (χ2v) is 7.29. The molecule has 8 heteroatoms. The molecule has 0 aliphatic heterocycles. The van der Waals surface area contributed by atoms with Gasteiger partial charge in [0.25, 0.3) is 0 Å². The molecular weight excluding hydrogens is 445 g/mol. The Kier molecular flexibility index (Phi) is 6.82. The van der Waals surface area contributed by atoms with Crippen LogP contribution in [0.3, 0.4) is 0 Å². The summed E-state index contributed by atoms with van der Waals surface area (Å²) in [5, 5.41) is 0. The van der Waals surface area contributed by atoms with Gasteiger partial charge in [0, 0.05) is 17.4 Å². The zero-order valence-electron chi connectivity index (χ0n) is 19.6. The van der Waals surface area contributed by atoms with Crippen molar-refractivity contribution in [2.24, 2.45) is 0 Å². The third kappa shape index (κ3) is 4.59. The molecule has 0 aliphatic carbocycles. The fourth-order valence-electron chi connectivity index (χ4n) is 3.63. The quantitative estimate of drug-likeness (QED) is 0.340. The maximum atomic E-state index is 13.4. The number of anilines is 1. The average Bonchev–Trinajstić information content (AvgIpc) is 3.28. The van der Waals surface area contributed by atoms with Crippen LogP contribution in [0.25, 0.3) is 39.5 Å². The first-order valence-corrected chi connectivity index (χ1v) is 11.1. The van der Waals surface area contributed by atoms with Crippen molar-refractivity contribution in [1.82, 2.24) is 19.5 Å². The van der Waals surface area contributed by atoms with Gasteiger partial charge in [-0.15, -0.1) is 0 Å². The number of halogens is 1. The van der Waals surface area contributed by atoms with Gasteiger partial charge in [0.15, 0.2) is 11.5 Å². The highest BCUT2D eigenvalue weighted by Gasteiger charge is 2.19. The van der Waals surface area contributed by atoms with Crippen molar-refractivity contribution >= 4 is 23.0 Å². The lowest BCUT2D eigenvalue weighted by Gasteiger charge is -2.11. The van der Waals surface area contributed by atoms with Gasteiger partial charge in [0.05, 0.1) is 23.9 Å². The van der Waals surface area contributed by atoms with Crippen LogP contribution in [0, 0.1) is 5.82 Å². The van der Waals surface area contributed by atoms with E-state index in [4.69, 9.17) is 20.4 Å². The molecule has 0 saturated heterocycles. The van der Waals surface area contributed by atoms with Gasteiger partial charge >= 0.3 is 5.97 Å². The van der Waals surface area contributed by atoms with Crippen molar-refractivity contribution in [1.29, 1.82) is 0 Å². The highest BCUT2D eigenvalue weighted by Crippen LogP contribution is 2.31. The summed E-state index contributed by atoms with van der Waals surface area (Å²) in [4.78, 5) is 25.7. The molecule has 3 aromatic heterocycles. The van der Waals surface area contributed by atoms with Crippen LogP contribution in [0.1, 0.15) is 24.2 Å². The Morgan fingerprint density at radius 3 is 2.31 bits per heavy atom. The second kappa shape index (κ2) is 10.1. The van der Waals surface area contributed by atoms with E-state index in [0.717, 1.165) is 11.3 Å². The summed E-state index contributed by atoms with van der Waals surface area (Å²) in [6.07, 6.45) is 1.61. The molecule has 7 nitrogen and oxygen atoms in total. The van der Waals surface area contributed by atoms with E-state index in [2.05, 4.69) is 4.98 Å². The molecule has 0 unspecified atom stereocenters. The summed E-state index contributed by atoms with van der Waals surface area (Å²) in [6, 6.07) is 20.4. The number of esters is 1. The summed E-state index contributed by atoms with van der Waals surface area (Å²) < 4.78 is 20.1. The SMILES string of the molecule is CC.COC(=O)c1ccc(-n2c(-c3cccnc3N)nc3ccc(-c4ccc(F)cc4)nc32)cc1. The number of benzene rings is 2. The number of nitrogen functional groups attached to an aromatic ring is 1. The van der Waals surface area contributed by atoms with Crippen molar-refractivity contribution in [3.63, 3.8) is 0 Å². The lowest BCUT2D eigenvalue weighted by Crippen LogP contribution is -2.04. The van der Waals surface area contributed by atoms with Crippen molar-refractivity contribution in [2.45, 2.75) is 13.8 Å². The Bertz CT molecular complexity index is 1480. The highest BCUT2D eigenvalue weighted by atomic mass is 19.1. The Hall–Kier alpha value is -4.59. The lowest BCUT2D eigenvalue weighted by atomic mass is 10.1. The van der Waals surface area contributed by atoms with E-state index in [9.17, 15) is 9.18 Å². The zero-order valence-corrected chi connectivity index (χ0v) is 19.6. The molecule has 35 heavy (non-hydrogen) atoms.